The normalized spacial score (nSPS) is 22.0. The molecule has 1 unspecified atom stereocenters. The molecular weight excluding hydrogens is 166 g/mol. The van der Waals surface area contributed by atoms with Gasteiger partial charge in [0.05, 0.1) is 17.8 Å². The number of nitrogens with zero attached hydrogens (tertiary/aromatic N) is 3. The standard InChI is InChI=1S/C9H15N3O/c1-6(2)12-10-7-4-3-5-8(13)9(7)11-12/h6,8,13H,3-5H2,1-2H3. The number of aliphatic hydroxyl groups excluding tert-OH is 1. The van der Waals surface area contributed by atoms with Gasteiger partial charge in [0.2, 0.25) is 0 Å². The molecular formula is C9H15N3O. The minimum atomic E-state index is -0.392. The largest absolute Gasteiger partial charge is 0.387 e. The first kappa shape index (κ1) is 8.69. The Morgan fingerprint density at radius 1 is 1.46 bits per heavy atom. The molecule has 1 N–H and O–H groups in total. The zero-order valence-corrected chi connectivity index (χ0v) is 8.06. The fourth-order valence-corrected chi connectivity index (χ4v) is 1.63. The third-order valence-corrected chi connectivity index (χ3v) is 2.40. The van der Waals surface area contributed by atoms with E-state index in [0.717, 1.165) is 30.7 Å². The van der Waals surface area contributed by atoms with Gasteiger partial charge in [-0.2, -0.15) is 15.0 Å². The average molecular weight is 181 g/mol. The molecule has 0 amide bonds. The molecule has 4 heteroatoms. The summed E-state index contributed by atoms with van der Waals surface area (Å²) in [4.78, 5) is 1.69. The maximum absolute atomic E-state index is 9.64. The van der Waals surface area contributed by atoms with Gasteiger partial charge in [-0.3, -0.25) is 0 Å². The molecule has 2 rings (SSSR count). The summed E-state index contributed by atoms with van der Waals surface area (Å²) in [6.45, 7) is 4.08. The summed E-state index contributed by atoms with van der Waals surface area (Å²) in [5.74, 6) is 0. The van der Waals surface area contributed by atoms with Crippen LogP contribution in [0.2, 0.25) is 0 Å². The molecule has 1 aromatic heterocycles. The minimum Gasteiger partial charge on any atom is -0.387 e. The Kier molecular flexibility index (Phi) is 2.07. The average Bonchev–Trinajstić information content (AvgIpc) is 2.49. The summed E-state index contributed by atoms with van der Waals surface area (Å²) >= 11 is 0. The maximum atomic E-state index is 9.64. The minimum absolute atomic E-state index is 0.276. The highest BCUT2D eigenvalue weighted by Crippen LogP contribution is 2.26. The van der Waals surface area contributed by atoms with E-state index in [1.165, 1.54) is 0 Å². The number of aromatic nitrogens is 3. The molecule has 1 aliphatic carbocycles. The lowest BCUT2D eigenvalue weighted by atomic mass is 9.99. The van der Waals surface area contributed by atoms with Crippen molar-refractivity contribution in [2.24, 2.45) is 0 Å². The van der Waals surface area contributed by atoms with Crippen molar-refractivity contribution in [1.29, 1.82) is 0 Å². The van der Waals surface area contributed by atoms with Gasteiger partial charge in [-0.25, -0.2) is 0 Å². The molecule has 0 fully saturated rings. The van der Waals surface area contributed by atoms with Crippen LogP contribution < -0.4 is 0 Å². The van der Waals surface area contributed by atoms with E-state index in [9.17, 15) is 5.11 Å². The lowest BCUT2D eigenvalue weighted by Gasteiger charge is -2.13. The number of aliphatic hydroxyl groups is 1. The molecule has 0 spiro atoms. The van der Waals surface area contributed by atoms with Gasteiger partial charge in [0, 0.05) is 0 Å². The highest BCUT2D eigenvalue weighted by Gasteiger charge is 2.23. The first-order valence-corrected chi connectivity index (χ1v) is 4.82. The first-order valence-electron chi connectivity index (χ1n) is 4.82. The van der Waals surface area contributed by atoms with E-state index in [1.54, 1.807) is 4.80 Å². The molecule has 72 valence electrons. The summed E-state index contributed by atoms with van der Waals surface area (Å²) in [6.07, 6.45) is 2.41. The Bertz CT molecular complexity index is 306. The predicted octanol–water partition coefficient (Wildman–Crippen LogP) is 1.23. The van der Waals surface area contributed by atoms with Gasteiger partial charge in [0.1, 0.15) is 5.69 Å². The lowest BCUT2D eigenvalue weighted by Crippen LogP contribution is -2.08. The van der Waals surface area contributed by atoms with E-state index in [1.807, 2.05) is 13.8 Å². The van der Waals surface area contributed by atoms with E-state index in [4.69, 9.17) is 0 Å². The molecule has 1 aliphatic rings. The van der Waals surface area contributed by atoms with Crippen molar-refractivity contribution in [2.45, 2.75) is 45.3 Å². The van der Waals surface area contributed by atoms with Crippen LogP contribution >= 0.6 is 0 Å². The fourth-order valence-electron chi connectivity index (χ4n) is 1.63. The SMILES string of the molecule is CC(C)n1nc2c(n1)C(O)CCC2. The number of fused-ring (bicyclic) bond motifs is 1. The van der Waals surface area contributed by atoms with E-state index < -0.39 is 6.10 Å². The summed E-state index contributed by atoms with van der Waals surface area (Å²) in [7, 11) is 0. The van der Waals surface area contributed by atoms with Crippen molar-refractivity contribution in [2.75, 3.05) is 0 Å². The number of hydrogen-bond donors (Lipinski definition) is 1. The third kappa shape index (κ3) is 1.46. The molecule has 0 aliphatic heterocycles. The smallest absolute Gasteiger partial charge is 0.114 e. The molecule has 1 atom stereocenters. The van der Waals surface area contributed by atoms with E-state index in [-0.39, 0.29) is 6.04 Å². The zero-order chi connectivity index (χ0) is 9.42. The molecule has 1 aromatic rings. The monoisotopic (exact) mass is 181 g/mol. The van der Waals surface area contributed by atoms with Crippen LogP contribution in [0.15, 0.2) is 0 Å². The van der Waals surface area contributed by atoms with Crippen LogP contribution in [0.5, 0.6) is 0 Å². The van der Waals surface area contributed by atoms with Gasteiger partial charge < -0.3 is 5.11 Å². The van der Waals surface area contributed by atoms with Gasteiger partial charge in [-0.05, 0) is 33.1 Å². The van der Waals surface area contributed by atoms with Crippen molar-refractivity contribution >= 4 is 0 Å². The Labute approximate surface area is 77.6 Å². The highest BCUT2D eigenvalue weighted by atomic mass is 16.3. The molecule has 1 heterocycles. The van der Waals surface area contributed by atoms with Crippen molar-refractivity contribution in [3.63, 3.8) is 0 Å². The van der Waals surface area contributed by atoms with E-state index in [0.29, 0.717) is 0 Å². The predicted molar refractivity (Wildman–Crippen MR) is 48.3 cm³/mol. The molecule has 4 nitrogen and oxygen atoms in total. The van der Waals surface area contributed by atoms with Crippen LogP contribution in [0.3, 0.4) is 0 Å². The Morgan fingerprint density at radius 2 is 2.23 bits per heavy atom. The zero-order valence-electron chi connectivity index (χ0n) is 8.06. The second kappa shape index (κ2) is 3.10. The number of rotatable bonds is 1. The Hall–Kier alpha value is -0.900. The summed E-state index contributed by atoms with van der Waals surface area (Å²) in [5.41, 5.74) is 1.77. The number of aryl methyl sites for hydroxylation is 1. The summed E-state index contributed by atoms with van der Waals surface area (Å²) in [6, 6.07) is 0.276. The maximum Gasteiger partial charge on any atom is 0.114 e. The van der Waals surface area contributed by atoms with Crippen LogP contribution in [0.25, 0.3) is 0 Å². The van der Waals surface area contributed by atoms with E-state index in [2.05, 4.69) is 10.2 Å². The van der Waals surface area contributed by atoms with Gasteiger partial charge in [0.25, 0.3) is 0 Å². The second-order valence-electron chi connectivity index (χ2n) is 3.85. The van der Waals surface area contributed by atoms with Crippen LogP contribution in [0.4, 0.5) is 0 Å². The van der Waals surface area contributed by atoms with Crippen molar-refractivity contribution in [1.82, 2.24) is 15.0 Å². The van der Waals surface area contributed by atoms with Gasteiger partial charge in [-0.1, -0.05) is 0 Å². The molecule has 13 heavy (non-hydrogen) atoms. The molecule has 0 saturated heterocycles. The topological polar surface area (TPSA) is 50.9 Å². The molecule has 0 radical (unpaired) electrons. The second-order valence-corrected chi connectivity index (χ2v) is 3.85. The van der Waals surface area contributed by atoms with Crippen molar-refractivity contribution in [3.05, 3.63) is 11.4 Å². The van der Waals surface area contributed by atoms with Crippen LogP contribution in [-0.4, -0.2) is 20.1 Å². The molecule has 0 saturated carbocycles. The Morgan fingerprint density at radius 3 is 2.85 bits per heavy atom. The van der Waals surface area contributed by atoms with Gasteiger partial charge in [-0.15, -0.1) is 0 Å². The van der Waals surface area contributed by atoms with Crippen molar-refractivity contribution in [3.8, 4) is 0 Å². The van der Waals surface area contributed by atoms with Gasteiger partial charge in [0.15, 0.2) is 0 Å². The van der Waals surface area contributed by atoms with Gasteiger partial charge >= 0.3 is 0 Å². The lowest BCUT2D eigenvalue weighted by molar-refractivity contribution is 0.151. The molecule has 0 aromatic carbocycles. The van der Waals surface area contributed by atoms with Crippen LogP contribution in [0.1, 0.15) is 50.2 Å². The highest BCUT2D eigenvalue weighted by molar-refractivity contribution is 5.15. The van der Waals surface area contributed by atoms with Crippen molar-refractivity contribution < 1.29 is 5.11 Å². The molecule has 0 bridgehead atoms. The van der Waals surface area contributed by atoms with Crippen LogP contribution in [-0.2, 0) is 6.42 Å². The first-order chi connectivity index (χ1) is 6.18. The third-order valence-electron chi connectivity index (χ3n) is 2.40. The van der Waals surface area contributed by atoms with Crippen LogP contribution in [0, 0.1) is 0 Å². The Balaban J connectivity index is 2.36. The quantitative estimate of drug-likeness (QED) is 0.709. The fraction of sp³-hybridized carbons (Fsp3) is 0.778. The number of hydrogen-bond acceptors (Lipinski definition) is 3. The summed E-state index contributed by atoms with van der Waals surface area (Å²) < 4.78 is 0. The van der Waals surface area contributed by atoms with E-state index >= 15 is 0 Å². The summed E-state index contributed by atoms with van der Waals surface area (Å²) in [5, 5.41) is 18.3.